The topological polar surface area (TPSA) is 56.1 Å². The second-order valence-corrected chi connectivity index (χ2v) is 4.59. The van der Waals surface area contributed by atoms with Crippen LogP contribution in [0.15, 0.2) is 41.2 Å². The SMILES string of the molecule is CNC(Cn1nc(OC)ccc1=O)c1ccccc1C. The molecule has 0 saturated carbocycles. The number of rotatable bonds is 5. The lowest BCUT2D eigenvalue weighted by atomic mass is 10.0. The summed E-state index contributed by atoms with van der Waals surface area (Å²) in [6, 6.07) is 11.2. The normalized spacial score (nSPS) is 12.2. The van der Waals surface area contributed by atoms with Gasteiger partial charge in [0.2, 0.25) is 5.88 Å². The van der Waals surface area contributed by atoms with Crippen LogP contribution in [0, 0.1) is 6.92 Å². The lowest BCUT2D eigenvalue weighted by Gasteiger charge is -2.19. The van der Waals surface area contributed by atoms with E-state index in [1.54, 1.807) is 6.07 Å². The van der Waals surface area contributed by atoms with E-state index in [-0.39, 0.29) is 11.6 Å². The quantitative estimate of drug-likeness (QED) is 0.897. The van der Waals surface area contributed by atoms with Crippen LogP contribution in [0.1, 0.15) is 17.2 Å². The Hall–Kier alpha value is -2.14. The molecule has 0 radical (unpaired) electrons. The molecule has 1 aromatic heterocycles. The average Bonchev–Trinajstić information content (AvgIpc) is 2.47. The summed E-state index contributed by atoms with van der Waals surface area (Å²) >= 11 is 0. The highest BCUT2D eigenvalue weighted by Crippen LogP contribution is 2.18. The van der Waals surface area contributed by atoms with Crippen molar-refractivity contribution < 1.29 is 4.74 Å². The fourth-order valence-corrected chi connectivity index (χ4v) is 2.17. The first-order valence-corrected chi connectivity index (χ1v) is 6.50. The molecule has 5 nitrogen and oxygen atoms in total. The minimum Gasteiger partial charge on any atom is -0.480 e. The van der Waals surface area contributed by atoms with Gasteiger partial charge in [-0.05, 0) is 25.1 Å². The maximum Gasteiger partial charge on any atom is 0.267 e. The van der Waals surface area contributed by atoms with Crippen molar-refractivity contribution >= 4 is 0 Å². The molecule has 20 heavy (non-hydrogen) atoms. The molecular weight excluding hydrogens is 254 g/mol. The predicted molar refractivity (Wildman–Crippen MR) is 78.0 cm³/mol. The van der Waals surface area contributed by atoms with Crippen molar-refractivity contribution in [1.82, 2.24) is 15.1 Å². The number of aromatic nitrogens is 2. The smallest absolute Gasteiger partial charge is 0.267 e. The molecule has 0 amide bonds. The third-order valence-electron chi connectivity index (χ3n) is 3.32. The summed E-state index contributed by atoms with van der Waals surface area (Å²) < 4.78 is 6.49. The van der Waals surface area contributed by atoms with E-state index in [1.165, 1.54) is 23.4 Å². The van der Waals surface area contributed by atoms with Gasteiger partial charge in [0.25, 0.3) is 5.56 Å². The van der Waals surface area contributed by atoms with Crippen LogP contribution < -0.4 is 15.6 Å². The number of methoxy groups -OCH3 is 1. The number of nitrogens with zero attached hydrogens (tertiary/aromatic N) is 2. The zero-order valence-corrected chi connectivity index (χ0v) is 12.0. The van der Waals surface area contributed by atoms with Gasteiger partial charge in [-0.25, -0.2) is 4.68 Å². The van der Waals surface area contributed by atoms with Gasteiger partial charge >= 0.3 is 0 Å². The van der Waals surface area contributed by atoms with Crippen LogP contribution in [0.5, 0.6) is 5.88 Å². The predicted octanol–water partition coefficient (Wildman–Crippen LogP) is 1.52. The summed E-state index contributed by atoms with van der Waals surface area (Å²) in [6.07, 6.45) is 0. The molecule has 0 aliphatic carbocycles. The highest BCUT2D eigenvalue weighted by Gasteiger charge is 2.13. The molecule has 2 rings (SSSR count). The van der Waals surface area contributed by atoms with Gasteiger partial charge in [0.15, 0.2) is 0 Å². The number of aryl methyl sites for hydroxylation is 1. The van der Waals surface area contributed by atoms with Crippen molar-refractivity contribution in [1.29, 1.82) is 0 Å². The Morgan fingerprint density at radius 1 is 1.30 bits per heavy atom. The minimum absolute atomic E-state index is 0.0218. The second kappa shape index (κ2) is 6.34. The van der Waals surface area contributed by atoms with Gasteiger partial charge in [-0.15, -0.1) is 5.10 Å². The summed E-state index contributed by atoms with van der Waals surface area (Å²) in [5, 5.41) is 7.41. The molecule has 0 saturated heterocycles. The van der Waals surface area contributed by atoms with Crippen LogP contribution in [0.2, 0.25) is 0 Å². The van der Waals surface area contributed by atoms with Gasteiger partial charge in [-0.2, -0.15) is 0 Å². The molecule has 1 unspecified atom stereocenters. The number of benzene rings is 1. The molecule has 0 spiro atoms. The van der Waals surface area contributed by atoms with Crippen LogP contribution >= 0.6 is 0 Å². The van der Waals surface area contributed by atoms with Gasteiger partial charge in [0, 0.05) is 12.1 Å². The molecule has 5 heteroatoms. The molecule has 0 aliphatic heterocycles. The fourth-order valence-electron chi connectivity index (χ4n) is 2.17. The van der Waals surface area contributed by atoms with E-state index in [9.17, 15) is 4.79 Å². The van der Waals surface area contributed by atoms with Gasteiger partial charge in [0.1, 0.15) is 0 Å². The Balaban J connectivity index is 2.31. The van der Waals surface area contributed by atoms with Crippen LogP contribution in [-0.4, -0.2) is 23.9 Å². The van der Waals surface area contributed by atoms with E-state index in [4.69, 9.17) is 4.74 Å². The third kappa shape index (κ3) is 3.05. The minimum atomic E-state index is -0.139. The fraction of sp³-hybridized carbons (Fsp3) is 0.333. The molecule has 0 aliphatic rings. The molecule has 2 aromatic rings. The summed E-state index contributed by atoms with van der Waals surface area (Å²) in [5.41, 5.74) is 2.20. The number of hydrogen-bond donors (Lipinski definition) is 1. The summed E-state index contributed by atoms with van der Waals surface area (Å²) in [5.74, 6) is 0.434. The average molecular weight is 273 g/mol. The molecule has 0 fully saturated rings. The van der Waals surface area contributed by atoms with Crippen molar-refractivity contribution in [3.05, 3.63) is 57.9 Å². The lowest BCUT2D eigenvalue weighted by Crippen LogP contribution is -2.30. The Bertz CT molecular complexity index is 637. The van der Waals surface area contributed by atoms with Crippen molar-refractivity contribution in [2.75, 3.05) is 14.2 Å². The summed E-state index contributed by atoms with van der Waals surface area (Å²) in [6.45, 7) is 2.51. The number of ether oxygens (including phenoxy) is 1. The largest absolute Gasteiger partial charge is 0.480 e. The first-order valence-electron chi connectivity index (χ1n) is 6.50. The van der Waals surface area contributed by atoms with E-state index >= 15 is 0 Å². The standard InChI is InChI=1S/C15H19N3O2/c1-11-6-4-5-7-12(11)13(16-2)10-18-15(19)9-8-14(17-18)20-3/h4-9,13,16H,10H2,1-3H3. The number of likely N-dealkylation sites (N-methyl/N-ethyl adjacent to an activating group) is 1. The van der Waals surface area contributed by atoms with Crippen molar-refractivity contribution in [3.63, 3.8) is 0 Å². The zero-order chi connectivity index (χ0) is 14.5. The van der Waals surface area contributed by atoms with E-state index < -0.39 is 0 Å². The molecule has 1 aromatic carbocycles. The molecule has 0 bridgehead atoms. The Kier molecular flexibility index (Phi) is 4.53. The van der Waals surface area contributed by atoms with E-state index in [1.807, 2.05) is 19.2 Å². The zero-order valence-electron chi connectivity index (χ0n) is 12.0. The molecular formula is C15H19N3O2. The monoisotopic (exact) mass is 273 g/mol. The van der Waals surface area contributed by atoms with Crippen LogP contribution in [0.3, 0.4) is 0 Å². The van der Waals surface area contributed by atoms with Crippen LogP contribution in [0.4, 0.5) is 0 Å². The molecule has 1 atom stereocenters. The number of hydrogen-bond acceptors (Lipinski definition) is 4. The van der Waals surface area contributed by atoms with Crippen LogP contribution in [-0.2, 0) is 6.54 Å². The lowest BCUT2D eigenvalue weighted by molar-refractivity contribution is 0.364. The Morgan fingerprint density at radius 3 is 2.70 bits per heavy atom. The number of nitrogens with one attached hydrogen (secondary N) is 1. The molecule has 1 N–H and O–H groups in total. The van der Waals surface area contributed by atoms with Gasteiger partial charge in [-0.1, -0.05) is 24.3 Å². The second-order valence-electron chi connectivity index (χ2n) is 4.59. The van der Waals surface area contributed by atoms with Gasteiger partial charge < -0.3 is 10.1 Å². The Labute approximate surface area is 118 Å². The van der Waals surface area contributed by atoms with Crippen LogP contribution in [0.25, 0.3) is 0 Å². The van der Waals surface area contributed by atoms with Crippen molar-refractivity contribution in [2.24, 2.45) is 0 Å². The van der Waals surface area contributed by atoms with E-state index in [0.717, 1.165) is 5.56 Å². The first kappa shape index (κ1) is 14.3. The molecule has 1 heterocycles. The maximum absolute atomic E-state index is 11.9. The first-order chi connectivity index (χ1) is 9.65. The van der Waals surface area contributed by atoms with Gasteiger partial charge in [-0.3, -0.25) is 4.79 Å². The van der Waals surface area contributed by atoms with E-state index in [0.29, 0.717) is 12.4 Å². The van der Waals surface area contributed by atoms with Gasteiger partial charge in [0.05, 0.1) is 19.7 Å². The molecule has 106 valence electrons. The van der Waals surface area contributed by atoms with Crippen molar-refractivity contribution in [3.8, 4) is 5.88 Å². The highest BCUT2D eigenvalue weighted by atomic mass is 16.5. The maximum atomic E-state index is 11.9. The summed E-state index contributed by atoms with van der Waals surface area (Å²) in [7, 11) is 3.41. The summed E-state index contributed by atoms with van der Waals surface area (Å²) in [4.78, 5) is 11.9. The van der Waals surface area contributed by atoms with E-state index in [2.05, 4.69) is 29.5 Å². The van der Waals surface area contributed by atoms with Crippen molar-refractivity contribution in [2.45, 2.75) is 19.5 Å². The Morgan fingerprint density at radius 2 is 2.05 bits per heavy atom. The highest BCUT2D eigenvalue weighted by molar-refractivity contribution is 5.28. The third-order valence-corrected chi connectivity index (χ3v) is 3.32.